The normalized spacial score (nSPS) is 35.1. The first-order chi connectivity index (χ1) is 22.9. The Morgan fingerprint density at radius 2 is 1.82 bits per heavy atom. The molecule has 0 aromatic carbocycles. The summed E-state index contributed by atoms with van der Waals surface area (Å²) in [5, 5.41) is 54.8. The highest BCUT2D eigenvalue weighted by molar-refractivity contribution is 5.94. The number of aliphatic hydroxyl groups excluding tert-OH is 2. The second-order valence-electron chi connectivity index (χ2n) is 13.3. The van der Waals surface area contributed by atoms with Gasteiger partial charge >= 0.3 is 12.1 Å². The maximum atomic E-state index is 17.2. The van der Waals surface area contributed by atoms with Crippen LogP contribution in [0.5, 0.6) is 0 Å². The predicted octanol–water partition coefficient (Wildman–Crippen LogP) is 0.853. The predicted molar refractivity (Wildman–Crippen MR) is 159 cm³/mol. The summed E-state index contributed by atoms with van der Waals surface area (Å²) in [6, 6.07) is 0. The topological polar surface area (TPSA) is 264 Å². The summed E-state index contributed by atoms with van der Waals surface area (Å²) in [6.45, 7) is 0.569. The molecule has 9 atom stereocenters. The van der Waals surface area contributed by atoms with E-state index in [-0.39, 0.29) is 50.9 Å². The molecule has 49 heavy (non-hydrogen) atoms. The maximum Gasteiger partial charge on any atom is 0.408 e. The van der Waals surface area contributed by atoms with E-state index in [4.69, 9.17) is 9.47 Å². The minimum atomic E-state index is -2.51. The number of fused-ring (bicyclic) bond motifs is 5. The van der Waals surface area contributed by atoms with Gasteiger partial charge in [-0.25, -0.2) is 9.18 Å². The van der Waals surface area contributed by atoms with Crippen molar-refractivity contribution in [3.05, 3.63) is 44.0 Å². The number of allylic oxidation sites excluding steroid dienone is 4. The first-order valence-corrected chi connectivity index (χ1v) is 15.8. The Morgan fingerprint density at radius 3 is 2.49 bits per heavy atom. The van der Waals surface area contributed by atoms with E-state index in [2.05, 4.69) is 15.0 Å². The molecule has 0 aromatic heterocycles. The minimum Gasteiger partial charge on any atom is -0.464 e. The summed E-state index contributed by atoms with van der Waals surface area (Å²) in [5.74, 6) is -3.86. The van der Waals surface area contributed by atoms with Gasteiger partial charge in [-0.1, -0.05) is 24.6 Å². The van der Waals surface area contributed by atoms with E-state index in [9.17, 15) is 54.7 Å². The van der Waals surface area contributed by atoms with Gasteiger partial charge in [-0.3, -0.25) is 14.4 Å². The summed E-state index contributed by atoms with van der Waals surface area (Å²) in [4.78, 5) is 78.8. The number of nitrogens with zero attached hydrogens (tertiary/aromatic N) is 2. The van der Waals surface area contributed by atoms with Crippen LogP contribution in [0.2, 0.25) is 0 Å². The zero-order valence-electron chi connectivity index (χ0n) is 26.9. The van der Waals surface area contributed by atoms with E-state index in [1.807, 2.05) is 0 Å². The average molecular weight is 702 g/mol. The zero-order chi connectivity index (χ0) is 36.4. The second kappa shape index (κ2) is 14.3. The van der Waals surface area contributed by atoms with Crippen LogP contribution in [0.4, 0.5) is 9.18 Å². The monoisotopic (exact) mass is 701 g/mol. The van der Waals surface area contributed by atoms with Crippen LogP contribution in [-0.2, 0) is 33.5 Å². The van der Waals surface area contributed by atoms with Crippen molar-refractivity contribution in [2.45, 2.75) is 88.4 Å². The van der Waals surface area contributed by atoms with Crippen molar-refractivity contribution in [3.63, 3.8) is 0 Å². The molecule has 0 bridgehead atoms. The third-order valence-electron chi connectivity index (χ3n) is 10.7. The van der Waals surface area contributed by atoms with Gasteiger partial charge in [0, 0.05) is 23.2 Å². The molecule has 4 N–H and O–H groups in total. The van der Waals surface area contributed by atoms with E-state index in [1.165, 1.54) is 19.1 Å². The van der Waals surface area contributed by atoms with Crippen molar-refractivity contribution in [2.75, 3.05) is 26.4 Å². The molecule has 4 aliphatic rings. The quantitative estimate of drug-likeness (QED) is 0.0606. The fourth-order valence-electron chi connectivity index (χ4n) is 8.22. The lowest BCUT2D eigenvalue weighted by atomic mass is 9.45. The van der Waals surface area contributed by atoms with Crippen LogP contribution in [0.1, 0.15) is 58.8 Å². The van der Waals surface area contributed by atoms with Crippen molar-refractivity contribution in [1.29, 1.82) is 0 Å². The van der Waals surface area contributed by atoms with E-state index < -0.39 is 106 Å². The number of ketones is 2. The lowest BCUT2D eigenvalue weighted by Crippen LogP contribution is -2.69. The Morgan fingerprint density at radius 1 is 1.10 bits per heavy atom. The van der Waals surface area contributed by atoms with Crippen LogP contribution >= 0.6 is 0 Å². The number of carbonyl (C=O) groups excluding carboxylic acids is 4. The highest BCUT2D eigenvalue weighted by Crippen LogP contribution is 2.69. The summed E-state index contributed by atoms with van der Waals surface area (Å²) < 4.78 is 27.1. The summed E-state index contributed by atoms with van der Waals surface area (Å²) in [6.07, 6.45) is -1.34. The highest BCUT2D eigenvalue weighted by Gasteiger charge is 2.76. The van der Waals surface area contributed by atoms with Crippen LogP contribution in [0.15, 0.2) is 23.8 Å². The average Bonchev–Trinajstić information content (AvgIpc) is 3.23. The summed E-state index contributed by atoms with van der Waals surface area (Å²) in [7, 11) is 0. The number of carbonyl (C=O) groups is 4. The molecule has 4 aliphatic carbocycles. The van der Waals surface area contributed by atoms with Crippen molar-refractivity contribution < 1.29 is 68.2 Å². The van der Waals surface area contributed by atoms with E-state index >= 15 is 4.39 Å². The molecule has 2 saturated carbocycles. The van der Waals surface area contributed by atoms with Crippen LogP contribution in [0.25, 0.3) is 0 Å². The molecule has 272 valence electrons. The van der Waals surface area contributed by atoms with Gasteiger partial charge in [-0.2, -0.15) is 0 Å². The number of rotatable bonds is 15. The fourth-order valence-corrected chi connectivity index (χ4v) is 8.22. The lowest BCUT2D eigenvalue weighted by Gasteiger charge is -2.61. The molecule has 0 saturated heterocycles. The third-order valence-corrected chi connectivity index (χ3v) is 10.7. The molecule has 1 amide bonds. The van der Waals surface area contributed by atoms with Crippen LogP contribution < -0.4 is 5.32 Å². The molecule has 0 aliphatic heterocycles. The van der Waals surface area contributed by atoms with Gasteiger partial charge < -0.3 is 39.8 Å². The van der Waals surface area contributed by atoms with Crippen molar-refractivity contribution in [2.24, 2.45) is 22.7 Å². The number of esters is 1. The minimum absolute atomic E-state index is 0.0117. The van der Waals surface area contributed by atoms with Gasteiger partial charge in [0.1, 0.15) is 19.3 Å². The molecule has 1 unspecified atom stereocenters. The number of aliphatic hydroxyl groups is 3. The van der Waals surface area contributed by atoms with E-state index in [0.29, 0.717) is 5.57 Å². The number of amides is 1. The van der Waals surface area contributed by atoms with Crippen molar-refractivity contribution in [3.8, 4) is 0 Å². The van der Waals surface area contributed by atoms with Gasteiger partial charge in [-0.15, -0.1) is 20.2 Å². The van der Waals surface area contributed by atoms with E-state index in [1.54, 1.807) is 13.0 Å². The summed E-state index contributed by atoms with van der Waals surface area (Å²) >= 11 is 0. The van der Waals surface area contributed by atoms with Crippen molar-refractivity contribution >= 4 is 23.6 Å². The Bertz CT molecular complexity index is 1420. The number of nitrogens with one attached hydrogen (secondary N) is 1. The third kappa shape index (κ3) is 6.96. The number of unbranched alkanes of at least 4 members (excludes halogenated alkanes) is 1. The first-order valence-electron chi connectivity index (χ1n) is 15.8. The van der Waals surface area contributed by atoms with Gasteiger partial charge in [0.15, 0.2) is 23.7 Å². The summed E-state index contributed by atoms with van der Waals surface area (Å²) in [5.41, 5.74) is -7.04. The van der Waals surface area contributed by atoms with Crippen LogP contribution in [0, 0.1) is 42.9 Å². The van der Waals surface area contributed by atoms with Gasteiger partial charge in [0.2, 0.25) is 5.78 Å². The fraction of sp³-hybridized carbons (Fsp3) is 0.733. The number of halogens is 1. The molecule has 18 nitrogen and oxygen atoms in total. The van der Waals surface area contributed by atoms with Gasteiger partial charge in [-0.05, 0) is 57.4 Å². The van der Waals surface area contributed by atoms with Crippen molar-refractivity contribution in [1.82, 2.24) is 5.32 Å². The maximum absolute atomic E-state index is 17.2. The molecule has 0 aromatic rings. The van der Waals surface area contributed by atoms with Crippen LogP contribution in [-0.4, -0.2) is 105 Å². The van der Waals surface area contributed by atoms with Crippen LogP contribution in [0.3, 0.4) is 0 Å². The first kappa shape index (κ1) is 37.6. The van der Waals surface area contributed by atoms with Gasteiger partial charge in [0.05, 0.1) is 18.8 Å². The molecule has 19 heteroatoms. The molecular formula is C30H40FN3O15. The number of alkyl halides is 1. The number of alkyl carbamates (subject to hydrolysis) is 1. The van der Waals surface area contributed by atoms with E-state index in [0.717, 1.165) is 0 Å². The molecule has 2 fully saturated rings. The number of hydrogen-bond acceptors (Lipinski definition) is 15. The molecule has 0 spiro atoms. The Hall–Kier alpha value is -4.23. The lowest BCUT2D eigenvalue weighted by molar-refractivity contribution is -0.790. The smallest absolute Gasteiger partial charge is 0.408 e. The Kier molecular flexibility index (Phi) is 11.0. The number of Topliss-reactive ketones (excluding diaryl/α,β-unsaturated/α-hetero) is 1. The molecule has 0 radical (unpaired) electrons. The molecule has 0 heterocycles. The second-order valence-corrected chi connectivity index (χ2v) is 13.3. The number of hydrogen-bond donors (Lipinski definition) is 4. The Balaban J connectivity index is 1.27. The SMILES string of the molecule is C[C@]12C=CC(=O)CC1=CC[C@H]1[C@@H]3C[C@@H](O)[C@](O)(C(=O)COC(=O)NCC(=O)OCCCCC(CO[N+](=O)[O-])O[N+](=O)[O-])[C@@]3(C)C[C@H](O)[C@@]12F. The highest BCUT2D eigenvalue weighted by atomic mass is 19.1. The largest absolute Gasteiger partial charge is 0.464 e. The zero-order valence-corrected chi connectivity index (χ0v) is 26.9. The standard InChI is InChI=1S/C30H40FN3O15/c1-27-9-8-18(35)11-17(27)6-7-20-21-12-22(36)30(41,28(21,2)13-23(37)29(20,27)31)24(38)16-47-26(40)32-14-25(39)46-10-4-3-5-19(49-34(44)45)15-48-33(42)43/h6,8-9,19-23,36-37,41H,3-5,7,10-16H2,1-2H3,(H,32,40)/t19?,20-,21-,22+,23-,27-,28-,29-,30-/m0/s1. The number of ether oxygens (including phenoxy) is 2. The molecule has 4 rings (SSSR count). The molecular weight excluding hydrogens is 661 g/mol. The Labute approximate surface area is 278 Å². The van der Waals surface area contributed by atoms with Gasteiger partial charge in [0.25, 0.3) is 10.2 Å².